The summed E-state index contributed by atoms with van der Waals surface area (Å²) < 4.78 is 5.42. The van der Waals surface area contributed by atoms with Gasteiger partial charge in [-0.3, -0.25) is 4.99 Å². The molecule has 0 bridgehead atoms. The standard InChI is InChI=1S/C20H32N4O2S.HI/c1-20(2,3)26-19(25)24-17(15-9-6-5-7-10-15)13-22-18(21-4)23-16-11-8-12-27-14-16;/h5-7,9-10,16-17H,8,11-14H2,1-4H3,(H,24,25)(H2,21,22,23);1H. The van der Waals surface area contributed by atoms with E-state index in [1.165, 1.54) is 12.2 Å². The van der Waals surface area contributed by atoms with Crippen LogP contribution in [0.2, 0.25) is 0 Å². The lowest BCUT2D eigenvalue weighted by atomic mass is 10.1. The Morgan fingerprint density at radius 3 is 2.61 bits per heavy atom. The van der Waals surface area contributed by atoms with Crippen LogP contribution in [-0.4, -0.2) is 48.8 Å². The summed E-state index contributed by atoms with van der Waals surface area (Å²) in [5, 5.41) is 9.78. The Morgan fingerprint density at radius 2 is 2.04 bits per heavy atom. The van der Waals surface area contributed by atoms with Gasteiger partial charge in [0.05, 0.1) is 6.04 Å². The molecule has 0 saturated carbocycles. The summed E-state index contributed by atoms with van der Waals surface area (Å²) in [6.07, 6.45) is 1.96. The summed E-state index contributed by atoms with van der Waals surface area (Å²) in [4.78, 5) is 16.6. The van der Waals surface area contributed by atoms with Gasteiger partial charge in [0.25, 0.3) is 0 Å². The van der Waals surface area contributed by atoms with E-state index in [2.05, 4.69) is 20.9 Å². The Labute approximate surface area is 190 Å². The third-order valence-electron chi connectivity index (χ3n) is 4.09. The molecule has 0 aliphatic carbocycles. The number of rotatable bonds is 5. The van der Waals surface area contributed by atoms with Gasteiger partial charge in [-0.25, -0.2) is 4.79 Å². The minimum Gasteiger partial charge on any atom is -0.444 e. The first-order valence-electron chi connectivity index (χ1n) is 9.47. The average Bonchev–Trinajstić information content (AvgIpc) is 2.64. The van der Waals surface area contributed by atoms with Gasteiger partial charge in [0.15, 0.2) is 5.96 Å². The van der Waals surface area contributed by atoms with Gasteiger partial charge >= 0.3 is 6.09 Å². The molecule has 1 aromatic rings. The van der Waals surface area contributed by atoms with Crippen LogP contribution in [0.5, 0.6) is 0 Å². The first-order valence-corrected chi connectivity index (χ1v) is 10.6. The zero-order valence-corrected chi connectivity index (χ0v) is 20.3. The van der Waals surface area contributed by atoms with Crippen molar-refractivity contribution < 1.29 is 9.53 Å². The SMILES string of the molecule is CN=C(NCC(NC(=O)OC(C)(C)C)c1ccccc1)NC1CCCSC1.I. The zero-order valence-electron chi connectivity index (χ0n) is 17.2. The van der Waals surface area contributed by atoms with E-state index < -0.39 is 11.7 Å². The van der Waals surface area contributed by atoms with E-state index in [0.717, 1.165) is 23.7 Å². The van der Waals surface area contributed by atoms with Crippen molar-refractivity contribution in [2.24, 2.45) is 4.99 Å². The zero-order chi connectivity index (χ0) is 19.7. The molecule has 1 fully saturated rings. The summed E-state index contributed by atoms with van der Waals surface area (Å²) in [7, 11) is 1.77. The summed E-state index contributed by atoms with van der Waals surface area (Å²) in [6, 6.07) is 10.1. The van der Waals surface area contributed by atoms with Crippen molar-refractivity contribution in [1.82, 2.24) is 16.0 Å². The number of alkyl carbamates (subject to hydrolysis) is 1. The molecule has 6 nitrogen and oxygen atoms in total. The lowest BCUT2D eigenvalue weighted by Crippen LogP contribution is -2.48. The van der Waals surface area contributed by atoms with Gasteiger partial charge in [-0.05, 0) is 44.9 Å². The molecule has 2 atom stereocenters. The number of halogens is 1. The maximum Gasteiger partial charge on any atom is 0.408 e. The fraction of sp³-hybridized carbons (Fsp3) is 0.600. The average molecular weight is 520 g/mol. The number of thioether (sulfide) groups is 1. The number of nitrogens with one attached hydrogen (secondary N) is 3. The van der Waals surface area contributed by atoms with Gasteiger partial charge in [0.2, 0.25) is 0 Å². The van der Waals surface area contributed by atoms with E-state index in [1.54, 1.807) is 7.05 Å². The number of guanidine groups is 1. The van der Waals surface area contributed by atoms with Crippen molar-refractivity contribution in [3.05, 3.63) is 35.9 Å². The van der Waals surface area contributed by atoms with Crippen LogP contribution in [-0.2, 0) is 4.74 Å². The third kappa shape index (κ3) is 9.36. The molecule has 3 N–H and O–H groups in total. The first kappa shape index (κ1) is 24.9. The second-order valence-corrected chi connectivity index (χ2v) is 8.77. The lowest BCUT2D eigenvalue weighted by molar-refractivity contribution is 0.0504. The molecule has 2 unspecified atom stereocenters. The van der Waals surface area contributed by atoms with Gasteiger partial charge < -0.3 is 20.7 Å². The van der Waals surface area contributed by atoms with E-state index in [1.807, 2.05) is 62.9 Å². The number of aliphatic imine (C=N–C) groups is 1. The molecule has 1 saturated heterocycles. The normalized spacial score (nSPS) is 18.4. The Hall–Kier alpha value is -1.16. The van der Waals surface area contributed by atoms with Crippen LogP contribution in [0.4, 0.5) is 4.79 Å². The minimum absolute atomic E-state index is 0. The summed E-state index contributed by atoms with van der Waals surface area (Å²) in [6.45, 7) is 6.09. The van der Waals surface area contributed by atoms with Crippen LogP contribution in [0.25, 0.3) is 0 Å². The molecular weight excluding hydrogens is 487 g/mol. The monoisotopic (exact) mass is 520 g/mol. The highest BCUT2D eigenvalue weighted by Crippen LogP contribution is 2.17. The van der Waals surface area contributed by atoms with Crippen molar-refractivity contribution in [3.63, 3.8) is 0 Å². The second-order valence-electron chi connectivity index (χ2n) is 7.62. The number of hydrogen-bond acceptors (Lipinski definition) is 4. The summed E-state index contributed by atoms with van der Waals surface area (Å²) in [5.74, 6) is 3.09. The van der Waals surface area contributed by atoms with E-state index in [4.69, 9.17) is 4.74 Å². The highest BCUT2D eigenvalue weighted by atomic mass is 127. The maximum atomic E-state index is 12.3. The lowest BCUT2D eigenvalue weighted by Gasteiger charge is -2.27. The molecular formula is C20H33IN4O2S. The molecule has 158 valence electrons. The van der Waals surface area contributed by atoms with Crippen molar-refractivity contribution in [1.29, 1.82) is 0 Å². The Bertz CT molecular complexity index is 616. The van der Waals surface area contributed by atoms with Crippen LogP contribution in [0.1, 0.15) is 45.2 Å². The van der Waals surface area contributed by atoms with E-state index in [9.17, 15) is 4.79 Å². The van der Waals surface area contributed by atoms with Gasteiger partial charge in [-0.1, -0.05) is 30.3 Å². The molecule has 1 amide bonds. The molecule has 1 aliphatic heterocycles. The molecule has 8 heteroatoms. The number of hydrogen-bond donors (Lipinski definition) is 3. The first-order chi connectivity index (χ1) is 12.9. The fourth-order valence-electron chi connectivity index (χ4n) is 2.83. The van der Waals surface area contributed by atoms with Gasteiger partial charge in [0, 0.05) is 25.4 Å². The third-order valence-corrected chi connectivity index (χ3v) is 5.31. The summed E-state index contributed by atoms with van der Waals surface area (Å²) >= 11 is 1.97. The van der Waals surface area contributed by atoms with Crippen molar-refractivity contribution in [2.45, 2.75) is 51.3 Å². The quantitative estimate of drug-likeness (QED) is 0.312. The molecule has 28 heavy (non-hydrogen) atoms. The van der Waals surface area contributed by atoms with E-state index in [0.29, 0.717) is 12.6 Å². The Morgan fingerprint density at radius 1 is 1.32 bits per heavy atom. The number of nitrogens with zero attached hydrogens (tertiary/aromatic N) is 1. The van der Waals surface area contributed by atoms with Crippen LogP contribution in [0.15, 0.2) is 35.3 Å². The molecule has 0 aromatic heterocycles. The maximum absolute atomic E-state index is 12.3. The number of ether oxygens (including phenoxy) is 1. The van der Waals surface area contributed by atoms with Crippen LogP contribution in [0.3, 0.4) is 0 Å². The molecule has 0 radical (unpaired) electrons. The smallest absolute Gasteiger partial charge is 0.408 e. The van der Waals surface area contributed by atoms with Gasteiger partial charge in [-0.2, -0.15) is 11.8 Å². The fourth-order valence-corrected chi connectivity index (χ4v) is 3.90. The molecule has 1 aliphatic rings. The molecule has 1 heterocycles. The van der Waals surface area contributed by atoms with Crippen LogP contribution < -0.4 is 16.0 Å². The van der Waals surface area contributed by atoms with E-state index >= 15 is 0 Å². The number of carbonyl (C=O) groups excluding carboxylic acids is 1. The van der Waals surface area contributed by atoms with Crippen LogP contribution >= 0.6 is 35.7 Å². The second kappa shape index (κ2) is 12.4. The minimum atomic E-state index is -0.533. The predicted octanol–water partition coefficient (Wildman–Crippen LogP) is 3.93. The van der Waals surface area contributed by atoms with Gasteiger partial charge in [-0.15, -0.1) is 24.0 Å². The predicted molar refractivity (Wildman–Crippen MR) is 129 cm³/mol. The van der Waals surface area contributed by atoms with E-state index in [-0.39, 0.29) is 30.0 Å². The summed E-state index contributed by atoms with van der Waals surface area (Å²) in [5.41, 5.74) is 0.481. The van der Waals surface area contributed by atoms with Crippen LogP contribution in [0, 0.1) is 0 Å². The highest BCUT2D eigenvalue weighted by Gasteiger charge is 2.21. The van der Waals surface area contributed by atoms with Crippen molar-refractivity contribution in [3.8, 4) is 0 Å². The number of carbonyl (C=O) groups is 1. The molecule has 2 rings (SSSR count). The van der Waals surface area contributed by atoms with Crippen molar-refractivity contribution in [2.75, 3.05) is 25.1 Å². The molecule has 0 spiro atoms. The Balaban J connectivity index is 0.00000392. The number of amides is 1. The number of benzene rings is 1. The largest absolute Gasteiger partial charge is 0.444 e. The van der Waals surface area contributed by atoms with Crippen molar-refractivity contribution >= 4 is 47.8 Å². The van der Waals surface area contributed by atoms with Gasteiger partial charge in [0.1, 0.15) is 5.60 Å². The molecule has 1 aromatic carbocycles. The Kier molecular flexibility index (Phi) is 11.0. The topological polar surface area (TPSA) is 74.8 Å². The highest BCUT2D eigenvalue weighted by molar-refractivity contribution is 14.0.